The molecule has 0 saturated carbocycles. The lowest BCUT2D eigenvalue weighted by Gasteiger charge is -2.33. The zero-order valence-corrected chi connectivity index (χ0v) is 13.8. The summed E-state index contributed by atoms with van der Waals surface area (Å²) in [6.07, 6.45) is 0. The molecule has 0 spiro atoms. The van der Waals surface area contributed by atoms with E-state index in [4.69, 9.17) is 16.3 Å². The van der Waals surface area contributed by atoms with Crippen molar-refractivity contribution in [3.8, 4) is 5.75 Å². The largest absolute Gasteiger partial charge is 0.494 e. The number of nitrogens with zero attached hydrogens (tertiary/aromatic N) is 2. The number of carbonyl (C=O) groups excluding carboxylic acids is 1. The first-order valence-corrected chi connectivity index (χ1v) is 8.03. The van der Waals surface area contributed by atoms with Gasteiger partial charge in [-0.2, -0.15) is 0 Å². The molecule has 2 aromatic carbocycles. The maximum atomic E-state index is 12.6. The minimum absolute atomic E-state index is 0.103. The SMILES string of the molecule is CCOc1ccc2c(c1)N(C)C(=O)N(c1ccc(Cl)cc1)S2. The monoisotopic (exact) mass is 334 g/mol. The molecule has 0 radical (unpaired) electrons. The van der Waals surface area contributed by atoms with Gasteiger partial charge in [-0.25, -0.2) is 9.10 Å². The Hall–Kier alpha value is -1.85. The van der Waals surface area contributed by atoms with Crippen molar-refractivity contribution >= 4 is 41.0 Å². The Bertz CT molecular complexity index is 706. The van der Waals surface area contributed by atoms with E-state index in [2.05, 4.69) is 0 Å². The molecule has 0 unspecified atom stereocenters. The lowest BCUT2D eigenvalue weighted by molar-refractivity contribution is 0.255. The van der Waals surface area contributed by atoms with Crippen molar-refractivity contribution in [3.05, 3.63) is 47.5 Å². The molecule has 0 aromatic heterocycles. The zero-order valence-electron chi connectivity index (χ0n) is 12.2. The molecule has 1 heterocycles. The van der Waals surface area contributed by atoms with Gasteiger partial charge >= 0.3 is 6.03 Å². The summed E-state index contributed by atoms with van der Waals surface area (Å²) >= 11 is 7.31. The van der Waals surface area contributed by atoms with E-state index in [1.807, 2.05) is 37.3 Å². The third-order valence-electron chi connectivity index (χ3n) is 3.31. The van der Waals surface area contributed by atoms with E-state index in [0.29, 0.717) is 11.6 Å². The number of anilines is 2. The van der Waals surface area contributed by atoms with Crippen molar-refractivity contribution in [2.24, 2.45) is 0 Å². The Morgan fingerprint density at radius 1 is 1.18 bits per heavy atom. The van der Waals surface area contributed by atoms with E-state index in [0.717, 1.165) is 22.0 Å². The van der Waals surface area contributed by atoms with Crippen molar-refractivity contribution < 1.29 is 9.53 Å². The summed E-state index contributed by atoms with van der Waals surface area (Å²) in [4.78, 5) is 15.2. The summed E-state index contributed by atoms with van der Waals surface area (Å²) < 4.78 is 7.16. The van der Waals surface area contributed by atoms with Gasteiger partial charge in [-0.1, -0.05) is 11.6 Å². The third-order valence-corrected chi connectivity index (χ3v) is 4.66. The van der Waals surface area contributed by atoms with Crippen LogP contribution in [0.4, 0.5) is 16.2 Å². The summed E-state index contributed by atoms with van der Waals surface area (Å²) in [5.74, 6) is 0.765. The molecule has 22 heavy (non-hydrogen) atoms. The van der Waals surface area contributed by atoms with Gasteiger partial charge in [0.05, 0.1) is 22.9 Å². The van der Waals surface area contributed by atoms with E-state index in [1.165, 1.54) is 11.9 Å². The van der Waals surface area contributed by atoms with Crippen LogP contribution in [-0.2, 0) is 0 Å². The van der Waals surface area contributed by atoms with Gasteiger partial charge in [0.1, 0.15) is 5.75 Å². The Morgan fingerprint density at radius 3 is 2.59 bits per heavy atom. The second-order valence-electron chi connectivity index (χ2n) is 4.77. The fourth-order valence-electron chi connectivity index (χ4n) is 2.21. The predicted molar refractivity (Wildman–Crippen MR) is 91.2 cm³/mol. The molecule has 4 nitrogen and oxygen atoms in total. The summed E-state index contributed by atoms with van der Waals surface area (Å²) in [5.41, 5.74) is 1.65. The highest BCUT2D eigenvalue weighted by molar-refractivity contribution is 8.01. The standard InChI is InChI=1S/C16H15ClN2O2S/c1-3-21-13-8-9-15-14(10-13)18(2)16(20)19(22-15)12-6-4-11(17)5-7-12/h4-10H,3H2,1-2H3. The van der Waals surface area contributed by atoms with Crippen LogP contribution in [0, 0.1) is 0 Å². The summed E-state index contributed by atoms with van der Waals surface area (Å²) in [6, 6.07) is 12.9. The van der Waals surface area contributed by atoms with Gasteiger partial charge in [0.15, 0.2) is 0 Å². The summed E-state index contributed by atoms with van der Waals surface area (Å²) in [6.45, 7) is 2.53. The van der Waals surface area contributed by atoms with Crippen LogP contribution in [0.1, 0.15) is 6.92 Å². The average molecular weight is 335 g/mol. The van der Waals surface area contributed by atoms with Gasteiger partial charge in [0, 0.05) is 18.1 Å². The van der Waals surface area contributed by atoms with Crippen LogP contribution in [0.25, 0.3) is 0 Å². The first-order chi connectivity index (χ1) is 10.6. The van der Waals surface area contributed by atoms with Crippen LogP contribution < -0.4 is 13.9 Å². The molecule has 2 amide bonds. The lowest BCUT2D eigenvalue weighted by atomic mass is 10.2. The first kappa shape index (κ1) is 15.1. The van der Waals surface area contributed by atoms with Crippen LogP contribution in [0.15, 0.2) is 47.4 Å². The number of amides is 2. The summed E-state index contributed by atoms with van der Waals surface area (Å²) in [7, 11) is 1.76. The molecular weight excluding hydrogens is 320 g/mol. The second-order valence-corrected chi connectivity index (χ2v) is 6.19. The second kappa shape index (κ2) is 6.10. The highest BCUT2D eigenvalue weighted by Crippen LogP contribution is 2.42. The maximum Gasteiger partial charge on any atom is 0.339 e. The molecule has 3 rings (SSSR count). The molecule has 0 aliphatic carbocycles. The summed E-state index contributed by atoms with van der Waals surface area (Å²) in [5, 5.41) is 0.647. The van der Waals surface area contributed by atoms with Crippen LogP contribution >= 0.6 is 23.5 Å². The van der Waals surface area contributed by atoms with Gasteiger partial charge < -0.3 is 4.74 Å². The Labute approximate surface area is 138 Å². The van der Waals surface area contributed by atoms with Crippen molar-refractivity contribution in [2.75, 3.05) is 22.9 Å². The molecule has 2 aromatic rings. The van der Waals surface area contributed by atoms with Crippen molar-refractivity contribution in [1.82, 2.24) is 0 Å². The number of halogens is 1. The molecular formula is C16H15ClN2O2S. The number of benzene rings is 2. The minimum atomic E-state index is -0.103. The van der Waals surface area contributed by atoms with Crippen molar-refractivity contribution in [2.45, 2.75) is 11.8 Å². The number of urea groups is 1. The van der Waals surface area contributed by atoms with E-state index in [9.17, 15) is 4.79 Å². The number of hydrogen-bond acceptors (Lipinski definition) is 3. The van der Waals surface area contributed by atoms with E-state index in [-0.39, 0.29) is 6.03 Å². The Kier molecular flexibility index (Phi) is 4.18. The van der Waals surface area contributed by atoms with E-state index >= 15 is 0 Å². The lowest BCUT2D eigenvalue weighted by Crippen LogP contribution is -2.40. The molecule has 6 heteroatoms. The van der Waals surface area contributed by atoms with E-state index < -0.39 is 0 Å². The fraction of sp³-hybridized carbons (Fsp3) is 0.188. The van der Waals surface area contributed by atoms with Crippen molar-refractivity contribution in [1.29, 1.82) is 0 Å². The van der Waals surface area contributed by atoms with Gasteiger partial charge in [0.2, 0.25) is 0 Å². The van der Waals surface area contributed by atoms with Crippen LogP contribution in [-0.4, -0.2) is 19.7 Å². The number of ether oxygens (including phenoxy) is 1. The van der Waals surface area contributed by atoms with Gasteiger partial charge in [-0.3, -0.25) is 4.90 Å². The van der Waals surface area contributed by atoms with Crippen molar-refractivity contribution in [3.63, 3.8) is 0 Å². The Morgan fingerprint density at radius 2 is 1.91 bits per heavy atom. The fourth-order valence-corrected chi connectivity index (χ4v) is 3.38. The van der Waals surface area contributed by atoms with Crippen LogP contribution in [0.2, 0.25) is 5.02 Å². The van der Waals surface area contributed by atoms with Crippen LogP contribution in [0.5, 0.6) is 5.75 Å². The molecule has 0 saturated heterocycles. The highest BCUT2D eigenvalue weighted by atomic mass is 35.5. The number of hydrogen-bond donors (Lipinski definition) is 0. The molecule has 0 atom stereocenters. The number of rotatable bonds is 3. The Balaban J connectivity index is 1.95. The first-order valence-electron chi connectivity index (χ1n) is 6.88. The third kappa shape index (κ3) is 2.74. The molecule has 114 valence electrons. The number of carbonyl (C=O) groups is 1. The molecule has 0 fully saturated rings. The molecule has 0 N–H and O–H groups in total. The average Bonchev–Trinajstić information content (AvgIpc) is 2.52. The molecule has 1 aliphatic heterocycles. The normalized spacial score (nSPS) is 14.0. The molecule has 1 aliphatic rings. The topological polar surface area (TPSA) is 32.8 Å². The van der Waals surface area contributed by atoms with Gasteiger partial charge in [0.25, 0.3) is 0 Å². The van der Waals surface area contributed by atoms with E-state index in [1.54, 1.807) is 28.4 Å². The quantitative estimate of drug-likeness (QED) is 0.754. The van der Waals surface area contributed by atoms with Gasteiger partial charge in [-0.15, -0.1) is 0 Å². The molecule has 0 bridgehead atoms. The van der Waals surface area contributed by atoms with Crippen LogP contribution in [0.3, 0.4) is 0 Å². The maximum absolute atomic E-state index is 12.6. The highest BCUT2D eigenvalue weighted by Gasteiger charge is 2.30. The zero-order chi connectivity index (χ0) is 15.7. The number of fused-ring (bicyclic) bond motifs is 1. The smallest absolute Gasteiger partial charge is 0.339 e. The predicted octanol–water partition coefficient (Wildman–Crippen LogP) is 4.82. The minimum Gasteiger partial charge on any atom is -0.494 e. The van der Waals surface area contributed by atoms with Gasteiger partial charge in [-0.05, 0) is 55.3 Å².